The average Bonchev–Trinajstić information content (AvgIpc) is 3.72. The van der Waals surface area contributed by atoms with Gasteiger partial charge in [0, 0.05) is 30.4 Å². The molecule has 10 heteroatoms. The molecule has 1 N–H and O–H groups in total. The van der Waals surface area contributed by atoms with E-state index in [1.165, 1.54) is 0 Å². The fraction of sp³-hybridized carbons (Fsp3) is 0.300. The van der Waals surface area contributed by atoms with Gasteiger partial charge in [0.1, 0.15) is 23.9 Å². The minimum absolute atomic E-state index is 0.261. The van der Waals surface area contributed by atoms with Gasteiger partial charge in [-0.05, 0) is 68.0 Å². The molecule has 0 bridgehead atoms. The quantitative estimate of drug-likeness (QED) is 0.247. The van der Waals surface area contributed by atoms with Crippen LogP contribution in [-0.4, -0.2) is 33.0 Å². The highest BCUT2D eigenvalue weighted by atomic mass is 35.5. The topological polar surface area (TPSA) is 87.2 Å². The van der Waals surface area contributed by atoms with Crippen molar-refractivity contribution in [2.75, 3.05) is 18.0 Å². The van der Waals surface area contributed by atoms with Gasteiger partial charge in [0.15, 0.2) is 0 Å². The zero-order valence-electron chi connectivity index (χ0n) is 21.5. The summed E-state index contributed by atoms with van der Waals surface area (Å²) in [6.45, 7) is 1.44. The van der Waals surface area contributed by atoms with Crippen LogP contribution in [0.3, 0.4) is 0 Å². The number of aliphatic hydroxyl groups is 1. The molecule has 2 aromatic heterocycles. The first kappa shape index (κ1) is 26.9. The van der Waals surface area contributed by atoms with Crippen molar-refractivity contribution in [3.05, 3.63) is 98.4 Å². The zero-order chi connectivity index (χ0) is 27.9. The van der Waals surface area contributed by atoms with Crippen LogP contribution < -0.4 is 9.64 Å². The number of benzene rings is 2. The number of hydrogen-bond donors (Lipinski definition) is 1. The van der Waals surface area contributed by atoms with E-state index in [0.717, 1.165) is 29.9 Å². The molecule has 40 heavy (non-hydrogen) atoms. The second-order valence-electron chi connectivity index (χ2n) is 10.3. The van der Waals surface area contributed by atoms with Crippen LogP contribution in [0.15, 0.2) is 60.9 Å². The van der Waals surface area contributed by atoms with Crippen molar-refractivity contribution >= 4 is 40.6 Å². The molecule has 0 spiro atoms. The Morgan fingerprint density at radius 3 is 2.45 bits per heavy atom. The number of nitrogens with zero attached hydrogens (tertiary/aromatic N) is 5. The summed E-state index contributed by atoms with van der Waals surface area (Å²) in [6.07, 6.45) is 6.70. The zero-order valence-corrected chi connectivity index (χ0v) is 23.8. The van der Waals surface area contributed by atoms with Crippen LogP contribution in [0.5, 0.6) is 5.75 Å². The molecule has 204 valence electrons. The third kappa shape index (κ3) is 5.25. The van der Waals surface area contributed by atoms with Crippen LogP contribution in [-0.2, 0) is 12.2 Å². The molecule has 1 aliphatic carbocycles. The minimum atomic E-state index is -1.07. The lowest BCUT2D eigenvalue weighted by Crippen LogP contribution is -2.43. The van der Waals surface area contributed by atoms with Crippen LogP contribution in [0.4, 0.5) is 5.82 Å². The molecule has 0 atom stereocenters. The first-order chi connectivity index (χ1) is 19.4. The van der Waals surface area contributed by atoms with Gasteiger partial charge in [-0.1, -0.05) is 46.9 Å². The van der Waals surface area contributed by atoms with Gasteiger partial charge >= 0.3 is 0 Å². The van der Waals surface area contributed by atoms with Crippen molar-refractivity contribution in [2.24, 2.45) is 0 Å². The maximum Gasteiger partial charge on any atom is 0.131 e. The molecule has 1 saturated heterocycles. The summed E-state index contributed by atoms with van der Waals surface area (Å²) < 4.78 is 7.98. The fourth-order valence-electron chi connectivity index (χ4n) is 5.30. The summed E-state index contributed by atoms with van der Waals surface area (Å²) in [5.74, 6) is 1.78. The molecule has 0 unspecified atom stereocenters. The number of hydrogen-bond acceptors (Lipinski definition) is 6. The standard InChI is InChI=1S/C30H26Cl3N5O2/c31-24-2-1-3-25(32)29(24)38-27(22(17-36-38)20-4-5-20)18-40-21-6-7-23(26(33)15-21)30(39)9-12-37(13-10-30)28-14-19(16-34)8-11-35-28/h1-3,6-8,11,14-15,17,20,39H,4-5,9-10,12-13,18H2. The van der Waals surface area contributed by atoms with Crippen molar-refractivity contribution in [3.63, 3.8) is 0 Å². The summed E-state index contributed by atoms with van der Waals surface area (Å²) in [4.78, 5) is 6.46. The summed E-state index contributed by atoms with van der Waals surface area (Å²) in [7, 11) is 0. The Morgan fingerprint density at radius 2 is 1.77 bits per heavy atom. The number of pyridine rings is 1. The molecule has 2 fully saturated rings. The smallest absolute Gasteiger partial charge is 0.131 e. The predicted molar refractivity (Wildman–Crippen MR) is 156 cm³/mol. The van der Waals surface area contributed by atoms with E-state index < -0.39 is 5.60 Å². The molecule has 1 aliphatic heterocycles. The Balaban J connectivity index is 1.18. The molecular formula is C30H26Cl3N5O2. The number of ether oxygens (including phenoxy) is 1. The van der Waals surface area contributed by atoms with Crippen LogP contribution in [0.25, 0.3) is 5.69 Å². The molecule has 3 heterocycles. The highest BCUT2D eigenvalue weighted by Crippen LogP contribution is 2.43. The van der Waals surface area contributed by atoms with E-state index in [2.05, 4.69) is 21.1 Å². The molecular weight excluding hydrogens is 569 g/mol. The molecule has 6 rings (SSSR count). The van der Waals surface area contributed by atoms with Gasteiger partial charge in [-0.25, -0.2) is 9.67 Å². The number of anilines is 1. The summed E-state index contributed by atoms with van der Waals surface area (Å²) in [5, 5.41) is 26.8. The number of rotatable bonds is 7. The maximum atomic E-state index is 11.5. The summed E-state index contributed by atoms with van der Waals surface area (Å²) in [6, 6.07) is 16.4. The summed E-state index contributed by atoms with van der Waals surface area (Å²) >= 11 is 19.7. The first-order valence-corrected chi connectivity index (χ1v) is 14.3. The Morgan fingerprint density at radius 1 is 1.02 bits per heavy atom. The first-order valence-electron chi connectivity index (χ1n) is 13.1. The van der Waals surface area contributed by atoms with Gasteiger partial charge in [-0.2, -0.15) is 10.4 Å². The Labute approximate surface area is 247 Å². The van der Waals surface area contributed by atoms with E-state index in [1.54, 1.807) is 47.3 Å². The Hall–Kier alpha value is -3.28. The highest BCUT2D eigenvalue weighted by molar-refractivity contribution is 6.37. The van der Waals surface area contributed by atoms with Crippen LogP contribution in [0.1, 0.15) is 54.0 Å². The number of halogens is 3. The van der Waals surface area contributed by atoms with Gasteiger partial charge in [0.05, 0.1) is 44.2 Å². The Bertz CT molecular complexity index is 1580. The van der Waals surface area contributed by atoms with E-state index >= 15 is 0 Å². The molecule has 0 radical (unpaired) electrons. The second-order valence-corrected chi connectivity index (χ2v) is 11.5. The fourth-order valence-corrected chi connectivity index (χ4v) is 6.20. The van der Waals surface area contributed by atoms with Crippen LogP contribution in [0.2, 0.25) is 15.1 Å². The second kappa shape index (κ2) is 10.9. The van der Waals surface area contributed by atoms with E-state index in [-0.39, 0.29) is 6.61 Å². The SMILES string of the molecule is N#Cc1ccnc(N2CCC(O)(c3ccc(OCc4c(C5CC5)cnn4-c4c(Cl)cccc4Cl)cc3Cl)CC2)c1. The highest BCUT2D eigenvalue weighted by Gasteiger charge is 2.36. The lowest BCUT2D eigenvalue weighted by atomic mass is 9.84. The largest absolute Gasteiger partial charge is 0.487 e. The van der Waals surface area contributed by atoms with Gasteiger partial charge < -0.3 is 14.7 Å². The molecule has 2 aromatic carbocycles. The lowest BCUT2D eigenvalue weighted by Gasteiger charge is -2.39. The van der Waals surface area contributed by atoms with Crippen molar-refractivity contribution in [1.29, 1.82) is 5.26 Å². The van der Waals surface area contributed by atoms with Crippen molar-refractivity contribution in [3.8, 4) is 17.5 Å². The molecule has 2 aliphatic rings. The average molecular weight is 595 g/mol. The number of nitriles is 1. The van der Waals surface area contributed by atoms with E-state index in [1.807, 2.05) is 18.3 Å². The molecule has 7 nitrogen and oxygen atoms in total. The van der Waals surface area contributed by atoms with Gasteiger partial charge in [0.2, 0.25) is 0 Å². The van der Waals surface area contributed by atoms with Gasteiger partial charge in [0.25, 0.3) is 0 Å². The Kier molecular flexibility index (Phi) is 7.37. The van der Waals surface area contributed by atoms with Gasteiger partial charge in [-0.3, -0.25) is 0 Å². The van der Waals surface area contributed by atoms with Crippen molar-refractivity contribution < 1.29 is 9.84 Å². The van der Waals surface area contributed by atoms with E-state index in [9.17, 15) is 10.4 Å². The summed E-state index contributed by atoms with van der Waals surface area (Å²) in [5.41, 5.74) is 2.83. The number of para-hydroxylation sites is 1. The van der Waals surface area contributed by atoms with Gasteiger partial charge in [-0.15, -0.1) is 0 Å². The van der Waals surface area contributed by atoms with Crippen LogP contribution in [0, 0.1) is 11.3 Å². The number of piperidine rings is 1. The van der Waals surface area contributed by atoms with Crippen LogP contribution >= 0.6 is 34.8 Å². The van der Waals surface area contributed by atoms with Crippen molar-refractivity contribution in [1.82, 2.24) is 14.8 Å². The van der Waals surface area contributed by atoms with E-state index in [0.29, 0.717) is 69.5 Å². The lowest BCUT2D eigenvalue weighted by molar-refractivity contribution is 0.0117. The monoisotopic (exact) mass is 593 g/mol. The maximum absolute atomic E-state index is 11.5. The minimum Gasteiger partial charge on any atom is -0.487 e. The molecule has 0 amide bonds. The normalized spacial score (nSPS) is 16.5. The molecule has 1 saturated carbocycles. The third-order valence-corrected chi connectivity index (χ3v) is 8.60. The van der Waals surface area contributed by atoms with E-state index in [4.69, 9.17) is 39.5 Å². The number of aromatic nitrogens is 3. The molecule has 4 aromatic rings. The third-order valence-electron chi connectivity index (χ3n) is 7.67. The van der Waals surface area contributed by atoms with Crippen molar-refractivity contribution in [2.45, 2.75) is 43.8 Å². The predicted octanol–water partition coefficient (Wildman–Crippen LogP) is 7.04.